The molecule has 0 amide bonds. The zero-order valence-corrected chi connectivity index (χ0v) is 14.5. The minimum absolute atomic E-state index is 0.0164. The van der Waals surface area contributed by atoms with E-state index >= 15 is 0 Å². The van der Waals surface area contributed by atoms with E-state index in [9.17, 15) is 0 Å². The van der Waals surface area contributed by atoms with Gasteiger partial charge in [0, 0.05) is 45.2 Å². The van der Waals surface area contributed by atoms with Crippen LogP contribution in [0.3, 0.4) is 0 Å². The molecule has 1 atom stereocenters. The molecule has 3 aromatic rings. The van der Waals surface area contributed by atoms with Gasteiger partial charge in [0.15, 0.2) is 11.5 Å². The molecule has 2 aliphatic heterocycles. The Kier molecular flexibility index (Phi) is 4.02. The van der Waals surface area contributed by atoms with Crippen LogP contribution in [0.4, 0.5) is 5.82 Å². The molecular weight excluding hydrogens is 334 g/mol. The number of anilines is 1. The first kappa shape index (κ1) is 15.7. The third-order valence-corrected chi connectivity index (χ3v) is 4.99. The van der Waals surface area contributed by atoms with Gasteiger partial charge in [-0.1, -0.05) is 5.16 Å². The van der Waals surface area contributed by atoms with Crippen molar-refractivity contribution in [3.8, 4) is 0 Å². The molecule has 0 saturated carbocycles. The summed E-state index contributed by atoms with van der Waals surface area (Å²) >= 11 is 0. The molecule has 0 N–H and O–H groups in total. The van der Waals surface area contributed by atoms with Crippen molar-refractivity contribution in [3.05, 3.63) is 36.2 Å². The first-order valence-electron chi connectivity index (χ1n) is 9.07. The number of hydrogen-bond acceptors (Lipinski definition) is 8. The molecule has 0 radical (unpaired) electrons. The van der Waals surface area contributed by atoms with Gasteiger partial charge in [-0.05, 0) is 25.0 Å². The number of hydrogen-bond donors (Lipinski definition) is 0. The van der Waals surface area contributed by atoms with Crippen LogP contribution >= 0.6 is 0 Å². The number of piperazine rings is 1. The lowest BCUT2D eigenvalue weighted by Crippen LogP contribution is -2.46. The van der Waals surface area contributed by atoms with E-state index in [0.717, 1.165) is 62.9 Å². The van der Waals surface area contributed by atoms with E-state index < -0.39 is 0 Å². The van der Waals surface area contributed by atoms with Gasteiger partial charge >= 0.3 is 0 Å². The zero-order valence-electron chi connectivity index (χ0n) is 14.5. The van der Waals surface area contributed by atoms with Crippen molar-refractivity contribution < 1.29 is 9.26 Å². The average molecular weight is 355 g/mol. The van der Waals surface area contributed by atoms with Gasteiger partial charge in [-0.25, -0.2) is 9.50 Å². The Morgan fingerprint density at radius 2 is 2.08 bits per heavy atom. The highest BCUT2D eigenvalue weighted by atomic mass is 16.5. The topological polar surface area (TPSA) is 84.8 Å². The van der Waals surface area contributed by atoms with Crippen LogP contribution in [0.2, 0.25) is 0 Å². The van der Waals surface area contributed by atoms with E-state index in [-0.39, 0.29) is 6.10 Å². The molecule has 136 valence electrons. The van der Waals surface area contributed by atoms with Crippen molar-refractivity contribution in [2.24, 2.45) is 0 Å². The van der Waals surface area contributed by atoms with Gasteiger partial charge in [0.1, 0.15) is 11.9 Å². The van der Waals surface area contributed by atoms with Crippen LogP contribution in [0.25, 0.3) is 5.65 Å². The maximum absolute atomic E-state index is 5.60. The second kappa shape index (κ2) is 6.65. The fourth-order valence-electron chi connectivity index (χ4n) is 3.54. The van der Waals surface area contributed by atoms with Crippen molar-refractivity contribution >= 4 is 11.5 Å². The summed E-state index contributed by atoms with van der Waals surface area (Å²) in [6, 6.07) is 4.03. The lowest BCUT2D eigenvalue weighted by atomic mass is 10.2. The third kappa shape index (κ3) is 3.04. The van der Waals surface area contributed by atoms with E-state index in [1.165, 1.54) is 0 Å². The highest BCUT2D eigenvalue weighted by Crippen LogP contribution is 2.27. The molecule has 0 spiro atoms. The fraction of sp³-hybridized carbons (Fsp3) is 0.529. The fourth-order valence-corrected chi connectivity index (χ4v) is 3.54. The third-order valence-electron chi connectivity index (χ3n) is 4.99. The molecule has 9 heteroatoms. The number of imidazole rings is 1. The number of ether oxygens (including phenoxy) is 1. The van der Waals surface area contributed by atoms with Crippen molar-refractivity contribution in [1.29, 1.82) is 0 Å². The Bertz CT molecular complexity index is 878. The second-order valence-electron chi connectivity index (χ2n) is 6.74. The molecule has 2 fully saturated rings. The van der Waals surface area contributed by atoms with Crippen LogP contribution in [0, 0.1) is 0 Å². The number of nitrogens with zero attached hydrogens (tertiary/aromatic N) is 7. The summed E-state index contributed by atoms with van der Waals surface area (Å²) in [6.07, 6.45) is 5.64. The normalized spacial score (nSPS) is 21.7. The number of rotatable bonds is 4. The van der Waals surface area contributed by atoms with Crippen LogP contribution in [0.15, 0.2) is 29.0 Å². The molecule has 9 nitrogen and oxygen atoms in total. The highest BCUT2D eigenvalue weighted by molar-refractivity contribution is 5.46. The lowest BCUT2D eigenvalue weighted by molar-refractivity contribution is 0.0835. The lowest BCUT2D eigenvalue weighted by Gasteiger charge is -2.34. The monoisotopic (exact) mass is 355 g/mol. The SMILES string of the molecule is c1cn2nc(N3CCN(Cc4noc([C@@H]5CCCO5)n4)CC3)ccc2n1. The summed E-state index contributed by atoms with van der Waals surface area (Å²) in [5.74, 6) is 2.34. The molecule has 2 aliphatic rings. The predicted molar refractivity (Wildman–Crippen MR) is 92.7 cm³/mol. The van der Waals surface area contributed by atoms with Crippen LogP contribution in [-0.2, 0) is 11.3 Å². The molecular formula is C17H21N7O2. The Balaban J connectivity index is 1.19. The second-order valence-corrected chi connectivity index (χ2v) is 6.74. The Morgan fingerprint density at radius 1 is 1.15 bits per heavy atom. The predicted octanol–water partition coefficient (Wildman–Crippen LogP) is 1.29. The molecule has 0 unspecified atom stereocenters. The Morgan fingerprint density at radius 3 is 2.92 bits per heavy atom. The average Bonchev–Trinajstić information content (AvgIpc) is 3.42. The minimum atomic E-state index is -0.0164. The van der Waals surface area contributed by atoms with E-state index in [2.05, 4.69) is 30.0 Å². The van der Waals surface area contributed by atoms with Crippen LogP contribution in [0.1, 0.15) is 30.7 Å². The molecule has 26 heavy (non-hydrogen) atoms. The Labute approximate surface area is 150 Å². The van der Waals surface area contributed by atoms with Crippen LogP contribution in [-0.4, -0.2) is 62.4 Å². The van der Waals surface area contributed by atoms with E-state index in [4.69, 9.17) is 9.26 Å². The van der Waals surface area contributed by atoms with Gasteiger partial charge in [0.05, 0.1) is 6.54 Å². The standard InChI is InChI=1S/C17H21N7O2/c1-2-13(25-11-1)17-19-14(21-26-17)12-22-7-9-23(10-8-22)16-4-3-15-18-5-6-24(15)20-16/h3-6,13H,1-2,7-12H2/t13-/m0/s1. The van der Waals surface area contributed by atoms with Gasteiger partial charge < -0.3 is 14.2 Å². The van der Waals surface area contributed by atoms with Crippen LogP contribution < -0.4 is 4.90 Å². The van der Waals surface area contributed by atoms with Gasteiger partial charge in [-0.2, -0.15) is 4.98 Å². The van der Waals surface area contributed by atoms with E-state index in [0.29, 0.717) is 12.4 Å². The summed E-state index contributed by atoms with van der Waals surface area (Å²) in [6.45, 7) is 5.20. The summed E-state index contributed by atoms with van der Waals surface area (Å²) < 4.78 is 12.8. The summed E-state index contributed by atoms with van der Waals surface area (Å²) in [4.78, 5) is 13.4. The smallest absolute Gasteiger partial charge is 0.255 e. The molecule has 0 bridgehead atoms. The van der Waals surface area contributed by atoms with Crippen molar-refractivity contribution in [1.82, 2.24) is 29.6 Å². The maximum Gasteiger partial charge on any atom is 0.255 e. The van der Waals surface area contributed by atoms with Crippen molar-refractivity contribution in [2.45, 2.75) is 25.5 Å². The molecule has 2 saturated heterocycles. The molecule has 0 aromatic carbocycles. The largest absolute Gasteiger partial charge is 0.368 e. The maximum atomic E-state index is 5.60. The molecule has 5 heterocycles. The molecule has 0 aliphatic carbocycles. The van der Waals surface area contributed by atoms with Crippen LogP contribution in [0.5, 0.6) is 0 Å². The first-order valence-corrected chi connectivity index (χ1v) is 9.07. The summed E-state index contributed by atoms with van der Waals surface area (Å²) in [5.41, 5.74) is 0.867. The van der Waals surface area contributed by atoms with Gasteiger partial charge in [-0.15, -0.1) is 5.10 Å². The van der Waals surface area contributed by atoms with Gasteiger partial charge in [-0.3, -0.25) is 4.90 Å². The van der Waals surface area contributed by atoms with Gasteiger partial charge in [0.25, 0.3) is 5.89 Å². The molecule has 5 rings (SSSR count). The zero-order chi connectivity index (χ0) is 17.3. The van der Waals surface area contributed by atoms with E-state index in [1.54, 1.807) is 6.20 Å². The van der Waals surface area contributed by atoms with Crippen molar-refractivity contribution in [3.63, 3.8) is 0 Å². The van der Waals surface area contributed by atoms with E-state index in [1.807, 2.05) is 22.8 Å². The van der Waals surface area contributed by atoms with Gasteiger partial charge in [0.2, 0.25) is 0 Å². The quantitative estimate of drug-likeness (QED) is 0.692. The number of fused-ring (bicyclic) bond motifs is 1. The highest BCUT2D eigenvalue weighted by Gasteiger charge is 2.25. The summed E-state index contributed by atoms with van der Waals surface area (Å²) in [7, 11) is 0. The first-order chi connectivity index (χ1) is 12.8. The molecule has 3 aromatic heterocycles. The Hall–Kier alpha value is -2.52. The summed E-state index contributed by atoms with van der Waals surface area (Å²) in [5, 5.41) is 8.74. The number of aromatic nitrogens is 5. The van der Waals surface area contributed by atoms with Crippen molar-refractivity contribution in [2.75, 3.05) is 37.7 Å². The minimum Gasteiger partial charge on any atom is -0.368 e.